The molecule has 0 fully saturated rings. The van der Waals surface area contributed by atoms with E-state index in [4.69, 9.17) is 9.98 Å². The van der Waals surface area contributed by atoms with Gasteiger partial charge in [0.2, 0.25) is 0 Å². The molecule has 0 radical (unpaired) electrons. The van der Waals surface area contributed by atoms with E-state index in [0.717, 1.165) is 49.9 Å². The van der Waals surface area contributed by atoms with Crippen molar-refractivity contribution in [2.75, 3.05) is 0 Å². The Bertz CT molecular complexity index is 1060. The van der Waals surface area contributed by atoms with E-state index in [1.807, 2.05) is 0 Å². The Labute approximate surface area is 260 Å². The molecule has 234 valence electrons. The van der Waals surface area contributed by atoms with Crippen molar-refractivity contribution in [3.63, 3.8) is 0 Å². The van der Waals surface area contributed by atoms with Crippen LogP contribution in [0.5, 0.6) is 0 Å². The lowest BCUT2D eigenvalue weighted by molar-refractivity contribution is 0.613. The number of rotatable bonds is 23. The molecular formula is C40H64N2. The van der Waals surface area contributed by atoms with Gasteiger partial charge >= 0.3 is 0 Å². The smallest absolute Gasteiger partial charge is 0.0636 e. The van der Waals surface area contributed by atoms with Gasteiger partial charge in [-0.25, -0.2) is 0 Å². The minimum atomic E-state index is 1.02. The summed E-state index contributed by atoms with van der Waals surface area (Å²) in [5.74, 6) is 0. The van der Waals surface area contributed by atoms with Crippen LogP contribution in [0.4, 0.5) is 11.4 Å². The Morgan fingerprint density at radius 3 is 1.33 bits per heavy atom. The number of unbranched alkanes of at least 4 members (excludes halogenated alkanes) is 10. The van der Waals surface area contributed by atoms with E-state index in [0.29, 0.717) is 0 Å². The van der Waals surface area contributed by atoms with Gasteiger partial charge in [-0.15, -0.1) is 0 Å². The van der Waals surface area contributed by atoms with Crippen molar-refractivity contribution >= 4 is 22.8 Å². The van der Waals surface area contributed by atoms with Gasteiger partial charge in [0.1, 0.15) is 0 Å². The van der Waals surface area contributed by atoms with E-state index >= 15 is 0 Å². The average molecular weight is 573 g/mol. The molecule has 42 heavy (non-hydrogen) atoms. The molecule has 2 aromatic carbocycles. The summed E-state index contributed by atoms with van der Waals surface area (Å²) >= 11 is 0. The molecule has 0 saturated heterocycles. The Hall–Kier alpha value is -2.22. The maximum absolute atomic E-state index is 5.42. The summed E-state index contributed by atoms with van der Waals surface area (Å²) in [6, 6.07) is 13.9. The van der Waals surface area contributed by atoms with Crippen molar-refractivity contribution in [2.24, 2.45) is 9.98 Å². The molecule has 2 nitrogen and oxygen atoms in total. The first-order valence-electron chi connectivity index (χ1n) is 18.0. The summed E-state index contributed by atoms with van der Waals surface area (Å²) < 4.78 is 0. The monoisotopic (exact) mass is 573 g/mol. The number of aryl methyl sites for hydroxylation is 4. The van der Waals surface area contributed by atoms with Crippen LogP contribution < -0.4 is 0 Å². The van der Waals surface area contributed by atoms with Gasteiger partial charge in [-0.05, 0) is 97.9 Å². The van der Waals surface area contributed by atoms with Gasteiger partial charge < -0.3 is 0 Å². The minimum Gasteiger partial charge on any atom is -0.252 e. The van der Waals surface area contributed by atoms with Crippen LogP contribution in [-0.2, 0) is 25.7 Å². The molecule has 0 aliphatic heterocycles. The average Bonchev–Trinajstić information content (AvgIpc) is 3.00. The Morgan fingerprint density at radius 2 is 0.857 bits per heavy atom. The summed E-state index contributed by atoms with van der Waals surface area (Å²) in [6.07, 6.45) is 24.4. The number of hydrogen-bond acceptors (Lipinski definition) is 2. The van der Waals surface area contributed by atoms with E-state index in [1.54, 1.807) is 0 Å². The Kier molecular flexibility index (Phi) is 19.1. The lowest BCUT2D eigenvalue weighted by Gasteiger charge is -2.14. The molecule has 0 aliphatic rings. The highest BCUT2D eigenvalue weighted by Crippen LogP contribution is 2.25. The maximum Gasteiger partial charge on any atom is 0.0636 e. The van der Waals surface area contributed by atoms with Crippen LogP contribution in [0, 0.1) is 0 Å². The first-order valence-corrected chi connectivity index (χ1v) is 18.0. The molecule has 0 atom stereocenters. The number of nitrogens with zero attached hydrogens (tertiary/aromatic N) is 2. The van der Waals surface area contributed by atoms with E-state index in [2.05, 4.69) is 77.9 Å². The molecule has 2 rings (SSSR count). The third-order valence-electron chi connectivity index (χ3n) is 8.58. The topological polar surface area (TPSA) is 24.7 Å². The number of benzene rings is 2. The highest BCUT2D eigenvalue weighted by molar-refractivity contribution is 6.43. The molecule has 0 N–H and O–H groups in total. The first-order chi connectivity index (χ1) is 20.6. The zero-order chi connectivity index (χ0) is 30.4. The molecule has 0 saturated carbocycles. The molecular weight excluding hydrogens is 508 g/mol. The fraction of sp³-hybridized carbons (Fsp3) is 0.650. The molecule has 2 heteroatoms. The van der Waals surface area contributed by atoms with Gasteiger partial charge in [0.15, 0.2) is 0 Å². The van der Waals surface area contributed by atoms with Crippen molar-refractivity contribution in [1.29, 1.82) is 0 Å². The third-order valence-corrected chi connectivity index (χ3v) is 8.58. The van der Waals surface area contributed by atoms with Gasteiger partial charge in [-0.1, -0.05) is 131 Å². The Morgan fingerprint density at radius 1 is 0.429 bits per heavy atom. The second-order valence-electron chi connectivity index (χ2n) is 12.3. The summed E-state index contributed by atoms with van der Waals surface area (Å²) in [5, 5.41) is 0. The molecule has 0 aliphatic carbocycles. The van der Waals surface area contributed by atoms with Gasteiger partial charge in [-0.3, -0.25) is 9.98 Å². The predicted molar refractivity (Wildman–Crippen MR) is 190 cm³/mol. The second kappa shape index (κ2) is 22.3. The molecule has 0 aromatic heterocycles. The zero-order valence-electron chi connectivity index (χ0n) is 28.5. The standard InChI is InChI=1S/C40H64N2/c1-7-13-15-17-19-21-25-39(41-37-29-27-33(11-5)34(12-6)31-37)40(26-22-20-18-16-14-8-2)42-38-30-28-35(23-9-3)36(32-38)24-10-4/h27-32H,7-26H2,1-6H3. The SMILES string of the molecule is CCCCCCCCC(=Nc1ccc(CC)c(CC)c1)C(CCCCCCCC)=Nc1ccc(CCC)c(CCC)c1. The fourth-order valence-corrected chi connectivity index (χ4v) is 6.04. The van der Waals surface area contributed by atoms with Crippen molar-refractivity contribution in [3.8, 4) is 0 Å². The fourth-order valence-electron chi connectivity index (χ4n) is 6.04. The molecule has 0 unspecified atom stereocenters. The lowest BCUT2D eigenvalue weighted by atomic mass is 9.98. The van der Waals surface area contributed by atoms with Crippen LogP contribution in [0.1, 0.15) is 167 Å². The summed E-state index contributed by atoms with van der Waals surface area (Å²) in [5.41, 5.74) is 10.5. The highest BCUT2D eigenvalue weighted by Gasteiger charge is 2.13. The Balaban J connectivity index is 2.47. The van der Waals surface area contributed by atoms with Crippen LogP contribution in [0.2, 0.25) is 0 Å². The van der Waals surface area contributed by atoms with E-state index in [9.17, 15) is 0 Å². The van der Waals surface area contributed by atoms with Gasteiger partial charge in [-0.2, -0.15) is 0 Å². The summed E-state index contributed by atoms with van der Waals surface area (Å²) in [4.78, 5) is 10.8. The van der Waals surface area contributed by atoms with E-state index in [-0.39, 0.29) is 0 Å². The van der Waals surface area contributed by atoms with Crippen molar-refractivity contribution in [1.82, 2.24) is 0 Å². The van der Waals surface area contributed by atoms with E-state index < -0.39 is 0 Å². The van der Waals surface area contributed by atoms with Crippen LogP contribution in [0.15, 0.2) is 46.4 Å². The molecule has 0 spiro atoms. The number of hydrogen-bond donors (Lipinski definition) is 0. The third kappa shape index (κ3) is 13.4. The summed E-state index contributed by atoms with van der Waals surface area (Å²) in [7, 11) is 0. The van der Waals surface area contributed by atoms with Crippen molar-refractivity contribution in [3.05, 3.63) is 58.7 Å². The lowest BCUT2D eigenvalue weighted by Crippen LogP contribution is -2.14. The van der Waals surface area contributed by atoms with Crippen molar-refractivity contribution < 1.29 is 0 Å². The highest BCUT2D eigenvalue weighted by atomic mass is 14.8. The maximum atomic E-state index is 5.42. The van der Waals surface area contributed by atoms with Crippen LogP contribution in [0.3, 0.4) is 0 Å². The van der Waals surface area contributed by atoms with Crippen LogP contribution in [-0.4, -0.2) is 11.4 Å². The summed E-state index contributed by atoms with van der Waals surface area (Å²) in [6.45, 7) is 13.7. The molecule has 2 aromatic rings. The van der Waals surface area contributed by atoms with Gasteiger partial charge in [0, 0.05) is 0 Å². The minimum absolute atomic E-state index is 1.02. The van der Waals surface area contributed by atoms with Crippen LogP contribution >= 0.6 is 0 Å². The second-order valence-corrected chi connectivity index (χ2v) is 12.3. The largest absolute Gasteiger partial charge is 0.252 e. The van der Waals surface area contributed by atoms with Gasteiger partial charge in [0.05, 0.1) is 22.8 Å². The number of aliphatic imine (C=N–C) groups is 2. The zero-order valence-corrected chi connectivity index (χ0v) is 28.5. The normalized spacial score (nSPS) is 12.3. The van der Waals surface area contributed by atoms with Crippen molar-refractivity contribution in [2.45, 2.75) is 170 Å². The van der Waals surface area contributed by atoms with Gasteiger partial charge in [0.25, 0.3) is 0 Å². The quantitative estimate of drug-likeness (QED) is 0.0934. The molecule has 0 amide bonds. The molecule has 0 heterocycles. The van der Waals surface area contributed by atoms with Crippen LogP contribution in [0.25, 0.3) is 0 Å². The predicted octanol–water partition coefficient (Wildman–Crippen LogP) is 13.1. The van der Waals surface area contributed by atoms with E-state index in [1.165, 1.54) is 124 Å². The molecule has 0 bridgehead atoms. The first kappa shape index (κ1) is 36.0.